The van der Waals surface area contributed by atoms with Gasteiger partial charge < -0.3 is 18.9 Å². The summed E-state index contributed by atoms with van der Waals surface area (Å²) in [6.45, 7) is 6.77. The number of rotatable bonds is 7. The molecular formula is C25H31NO6. The van der Waals surface area contributed by atoms with Crippen molar-refractivity contribution in [2.45, 2.75) is 51.5 Å². The molecule has 7 nitrogen and oxygen atoms in total. The predicted molar refractivity (Wildman–Crippen MR) is 120 cm³/mol. The summed E-state index contributed by atoms with van der Waals surface area (Å²) in [5.74, 6) is 0.188. The van der Waals surface area contributed by atoms with Crippen molar-refractivity contribution in [3.63, 3.8) is 0 Å². The van der Waals surface area contributed by atoms with Gasteiger partial charge in [0.25, 0.3) is 0 Å². The van der Waals surface area contributed by atoms with E-state index in [1.54, 1.807) is 29.2 Å². The van der Waals surface area contributed by atoms with Crippen molar-refractivity contribution < 1.29 is 28.5 Å². The number of hydrogen-bond donors (Lipinski definition) is 0. The third kappa shape index (κ3) is 6.47. The molecule has 1 aliphatic heterocycles. The number of hydrogen-bond acceptors (Lipinski definition) is 6. The number of carbonyl (C=O) groups is 2. The second-order valence-electron chi connectivity index (χ2n) is 8.69. The van der Waals surface area contributed by atoms with Gasteiger partial charge >= 0.3 is 12.1 Å². The van der Waals surface area contributed by atoms with Gasteiger partial charge in [0.15, 0.2) is 0 Å². The monoisotopic (exact) mass is 441 g/mol. The molecule has 2 atom stereocenters. The van der Waals surface area contributed by atoms with Gasteiger partial charge in [-0.15, -0.1) is 0 Å². The summed E-state index contributed by atoms with van der Waals surface area (Å²) in [5, 5.41) is 0. The van der Waals surface area contributed by atoms with Crippen LogP contribution in [0.25, 0.3) is 0 Å². The first-order valence-electron chi connectivity index (χ1n) is 10.7. The zero-order chi connectivity index (χ0) is 23.1. The molecule has 172 valence electrons. The smallest absolute Gasteiger partial charge is 0.410 e. The Hall–Kier alpha value is -3.06. The highest BCUT2D eigenvalue weighted by Gasteiger charge is 2.40. The van der Waals surface area contributed by atoms with Gasteiger partial charge in [-0.1, -0.05) is 30.3 Å². The number of ether oxygens (including phenoxy) is 4. The summed E-state index contributed by atoms with van der Waals surface area (Å²) in [4.78, 5) is 26.1. The Morgan fingerprint density at radius 3 is 2.34 bits per heavy atom. The van der Waals surface area contributed by atoms with Gasteiger partial charge in [0, 0.05) is 6.54 Å². The third-order valence-corrected chi connectivity index (χ3v) is 5.12. The maximum absolute atomic E-state index is 12.8. The highest BCUT2D eigenvalue weighted by molar-refractivity contribution is 5.89. The molecule has 0 N–H and O–H groups in total. The maximum Gasteiger partial charge on any atom is 0.410 e. The van der Waals surface area contributed by atoms with Crippen LogP contribution in [0.2, 0.25) is 0 Å². The number of likely N-dealkylation sites (tertiary alicyclic amines) is 1. The van der Waals surface area contributed by atoms with Gasteiger partial charge in [0.1, 0.15) is 18.0 Å². The van der Waals surface area contributed by atoms with E-state index >= 15 is 0 Å². The molecule has 3 rings (SSSR count). The van der Waals surface area contributed by atoms with Crippen molar-refractivity contribution in [1.29, 1.82) is 0 Å². The minimum Gasteiger partial charge on any atom is -0.491 e. The Bertz CT molecular complexity index is 891. The molecule has 1 fully saturated rings. The molecule has 32 heavy (non-hydrogen) atoms. The van der Waals surface area contributed by atoms with E-state index in [0.29, 0.717) is 30.9 Å². The van der Waals surface area contributed by atoms with Crippen molar-refractivity contribution in [3.05, 3.63) is 65.7 Å². The number of benzene rings is 2. The molecule has 2 aromatic rings. The number of amides is 1. The zero-order valence-corrected chi connectivity index (χ0v) is 19.1. The fourth-order valence-corrected chi connectivity index (χ4v) is 3.53. The molecule has 0 unspecified atom stereocenters. The van der Waals surface area contributed by atoms with Crippen LogP contribution in [0.4, 0.5) is 4.79 Å². The molecule has 0 radical (unpaired) electrons. The maximum atomic E-state index is 12.8. The number of carbonyl (C=O) groups excluding carboxylic acids is 2. The fourth-order valence-electron chi connectivity index (χ4n) is 3.53. The highest BCUT2D eigenvalue weighted by Crippen LogP contribution is 2.26. The van der Waals surface area contributed by atoms with Crippen molar-refractivity contribution in [3.8, 4) is 5.75 Å². The first-order valence-corrected chi connectivity index (χ1v) is 10.7. The lowest BCUT2D eigenvalue weighted by atomic mass is 10.1. The average Bonchev–Trinajstić information content (AvgIpc) is 3.18. The lowest BCUT2D eigenvalue weighted by Crippen LogP contribution is -2.46. The molecule has 1 saturated heterocycles. The predicted octanol–water partition coefficient (Wildman–Crippen LogP) is 4.45. The molecule has 2 aromatic carbocycles. The van der Waals surface area contributed by atoms with E-state index in [2.05, 4.69) is 0 Å². The molecule has 1 heterocycles. The van der Waals surface area contributed by atoms with Gasteiger partial charge in [-0.3, -0.25) is 4.90 Å². The summed E-state index contributed by atoms with van der Waals surface area (Å²) in [6.07, 6.45) is 0.136. The molecule has 0 aliphatic carbocycles. The Morgan fingerprint density at radius 2 is 1.72 bits per heavy atom. The fraction of sp³-hybridized carbons (Fsp3) is 0.440. The van der Waals surface area contributed by atoms with Gasteiger partial charge in [-0.05, 0) is 57.0 Å². The molecular weight excluding hydrogens is 410 g/mol. The minimum absolute atomic E-state index is 0.183. The van der Waals surface area contributed by atoms with Crippen LogP contribution >= 0.6 is 0 Å². The average molecular weight is 442 g/mol. The van der Waals surface area contributed by atoms with E-state index < -0.39 is 11.6 Å². The van der Waals surface area contributed by atoms with Crippen LogP contribution in [0.1, 0.15) is 43.1 Å². The van der Waals surface area contributed by atoms with Gasteiger partial charge in [-0.25, -0.2) is 9.59 Å². The summed E-state index contributed by atoms with van der Waals surface area (Å²) in [6, 6.07) is 16.3. The molecule has 0 spiro atoms. The van der Waals surface area contributed by atoms with Crippen LogP contribution in [0.15, 0.2) is 54.6 Å². The largest absolute Gasteiger partial charge is 0.491 e. The van der Waals surface area contributed by atoms with Crippen molar-refractivity contribution >= 4 is 12.1 Å². The first-order chi connectivity index (χ1) is 15.3. The van der Waals surface area contributed by atoms with Crippen LogP contribution < -0.4 is 4.74 Å². The van der Waals surface area contributed by atoms with E-state index in [0.717, 1.165) is 5.56 Å². The van der Waals surface area contributed by atoms with Gasteiger partial charge in [0.05, 0.1) is 31.4 Å². The second-order valence-corrected chi connectivity index (χ2v) is 8.69. The first kappa shape index (κ1) is 23.6. The van der Waals surface area contributed by atoms with Crippen molar-refractivity contribution in [2.75, 3.05) is 20.3 Å². The van der Waals surface area contributed by atoms with Gasteiger partial charge in [0.2, 0.25) is 0 Å². The Balaban J connectivity index is 1.68. The lowest BCUT2D eigenvalue weighted by Gasteiger charge is -2.30. The molecule has 0 bridgehead atoms. The molecule has 0 aromatic heterocycles. The Kier molecular flexibility index (Phi) is 7.75. The van der Waals surface area contributed by atoms with Crippen LogP contribution in [-0.2, 0) is 20.8 Å². The quantitative estimate of drug-likeness (QED) is 0.591. The highest BCUT2D eigenvalue weighted by atomic mass is 16.6. The van der Waals surface area contributed by atoms with E-state index in [-0.39, 0.29) is 24.8 Å². The van der Waals surface area contributed by atoms with Crippen LogP contribution in [0.3, 0.4) is 0 Å². The van der Waals surface area contributed by atoms with E-state index in [1.165, 1.54) is 7.11 Å². The number of nitrogens with zero attached hydrogens (tertiary/aromatic N) is 1. The molecule has 1 amide bonds. The lowest BCUT2D eigenvalue weighted by molar-refractivity contribution is -0.0146. The number of methoxy groups -OCH3 is 1. The van der Waals surface area contributed by atoms with Gasteiger partial charge in [-0.2, -0.15) is 0 Å². The topological polar surface area (TPSA) is 74.3 Å². The Morgan fingerprint density at radius 1 is 1.03 bits per heavy atom. The van der Waals surface area contributed by atoms with Crippen LogP contribution in [-0.4, -0.2) is 55.0 Å². The second kappa shape index (κ2) is 10.5. The van der Waals surface area contributed by atoms with E-state index in [9.17, 15) is 9.59 Å². The van der Waals surface area contributed by atoms with Crippen LogP contribution in [0.5, 0.6) is 5.75 Å². The normalized spacial score (nSPS) is 18.3. The molecule has 7 heteroatoms. The van der Waals surface area contributed by atoms with Crippen molar-refractivity contribution in [1.82, 2.24) is 4.90 Å². The molecule has 1 aliphatic rings. The summed E-state index contributed by atoms with van der Waals surface area (Å²) >= 11 is 0. The van der Waals surface area contributed by atoms with E-state index in [1.807, 2.05) is 51.1 Å². The summed E-state index contributed by atoms with van der Waals surface area (Å²) < 4.78 is 22.5. The van der Waals surface area contributed by atoms with Crippen LogP contribution in [0, 0.1) is 0 Å². The van der Waals surface area contributed by atoms with E-state index in [4.69, 9.17) is 18.9 Å². The summed E-state index contributed by atoms with van der Waals surface area (Å²) in [7, 11) is 1.34. The standard InChI is InChI=1S/C25H31NO6/c1-25(2,3)32-24(28)26-15-14-22(31-16-18-8-6-5-7-9-18)21(26)17-30-20-12-10-19(11-13-20)23(27)29-4/h5-13,21-22H,14-17H2,1-4H3/t21-,22-/m1/s1. The number of esters is 1. The third-order valence-electron chi connectivity index (χ3n) is 5.12. The minimum atomic E-state index is -0.588. The SMILES string of the molecule is COC(=O)c1ccc(OC[C@@H]2[C@H](OCc3ccccc3)CCN2C(=O)OC(C)(C)C)cc1. The zero-order valence-electron chi connectivity index (χ0n) is 19.1. The molecule has 0 saturated carbocycles. The van der Waals surface area contributed by atoms with Crippen molar-refractivity contribution in [2.24, 2.45) is 0 Å². The Labute approximate surface area is 189 Å². The summed E-state index contributed by atoms with van der Waals surface area (Å²) in [5.41, 5.74) is 0.927.